The van der Waals surface area contributed by atoms with Gasteiger partial charge in [-0.15, -0.1) is 0 Å². The number of anilines is 2. The van der Waals surface area contributed by atoms with Crippen LogP contribution in [0.15, 0.2) is 40.2 Å². The molecule has 4 heterocycles. The van der Waals surface area contributed by atoms with E-state index in [4.69, 9.17) is 19.1 Å². The smallest absolute Gasteiger partial charge is 0.483 e. The molecule has 194 valence electrons. The maximum absolute atomic E-state index is 12.3. The zero-order valence-electron chi connectivity index (χ0n) is 20.1. The normalized spacial score (nSPS) is 20.4. The van der Waals surface area contributed by atoms with E-state index in [1.54, 1.807) is 12.5 Å². The molecule has 10 nitrogen and oxygen atoms in total. The van der Waals surface area contributed by atoms with Gasteiger partial charge in [-0.2, -0.15) is 18.3 Å². The number of likely N-dealkylation sites (tertiary alicyclic amines) is 1. The molecular weight excluding hydrogens is 483 g/mol. The van der Waals surface area contributed by atoms with Gasteiger partial charge in [0.25, 0.3) is 5.91 Å². The zero-order chi connectivity index (χ0) is 26.4. The lowest BCUT2D eigenvalue weighted by Crippen LogP contribution is -2.66. The van der Waals surface area contributed by atoms with Crippen LogP contribution in [0.5, 0.6) is 5.75 Å². The summed E-state index contributed by atoms with van der Waals surface area (Å²) in [5, 5.41) is 11.3. The second-order valence-corrected chi connectivity index (χ2v) is 9.22. The Balaban J connectivity index is 0.000000384. The highest BCUT2D eigenvalue weighted by Crippen LogP contribution is 2.45. The van der Waals surface area contributed by atoms with Crippen molar-refractivity contribution in [1.82, 2.24) is 10.3 Å². The average molecular weight is 509 g/mol. The number of carbonyl (C=O) groups is 2. The van der Waals surface area contributed by atoms with E-state index in [0.717, 1.165) is 41.3 Å². The van der Waals surface area contributed by atoms with Gasteiger partial charge in [-0.05, 0) is 39.1 Å². The predicted octanol–water partition coefficient (Wildman–Crippen LogP) is 2.75. The minimum atomic E-state index is -5.08. The summed E-state index contributed by atoms with van der Waals surface area (Å²) in [4.78, 5) is 27.8. The van der Waals surface area contributed by atoms with Crippen molar-refractivity contribution in [2.24, 2.45) is 5.10 Å². The van der Waals surface area contributed by atoms with Gasteiger partial charge < -0.3 is 29.0 Å². The molecule has 2 aromatic rings. The molecule has 1 aromatic carbocycles. The third-order valence-electron chi connectivity index (χ3n) is 6.50. The number of alkyl halides is 3. The van der Waals surface area contributed by atoms with Crippen LogP contribution >= 0.6 is 0 Å². The van der Waals surface area contributed by atoms with Crippen LogP contribution < -0.4 is 20.0 Å². The van der Waals surface area contributed by atoms with Gasteiger partial charge in [-0.3, -0.25) is 4.79 Å². The Bertz CT molecular complexity index is 1190. The van der Waals surface area contributed by atoms with Crippen molar-refractivity contribution in [3.05, 3.63) is 30.7 Å². The molecule has 1 atom stereocenters. The molecule has 36 heavy (non-hydrogen) atoms. The van der Waals surface area contributed by atoms with E-state index < -0.39 is 12.1 Å². The number of hydrogen-bond acceptors (Lipinski definition) is 8. The second kappa shape index (κ2) is 9.04. The highest BCUT2D eigenvalue weighted by atomic mass is 19.4. The first-order chi connectivity index (χ1) is 16.8. The molecule has 0 bridgehead atoms. The Morgan fingerprint density at radius 2 is 2.00 bits per heavy atom. The summed E-state index contributed by atoms with van der Waals surface area (Å²) < 4.78 is 43.1. The van der Waals surface area contributed by atoms with Crippen molar-refractivity contribution in [2.75, 3.05) is 43.6 Å². The maximum Gasteiger partial charge on any atom is 0.490 e. The first-order valence-electron chi connectivity index (χ1n) is 11.0. The third-order valence-corrected chi connectivity index (χ3v) is 6.50. The summed E-state index contributed by atoms with van der Waals surface area (Å²) in [6, 6.07) is 5.77. The number of ether oxygens (including phenoxy) is 1. The van der Waals surface area contributed by atoms with Gasteiger partial charge in [-0.25, -0.2) is 10.2 Å². The number of rotatable bonds is 3. The molecule has 3 aliphatic heterocycles. The number of hydrogen-bond donors (Lipinski definition) is 2. The van der Waals surface area contributed by atoms with Crippen LogP contribution in [0.25, 0.3) is 11.1 Å². The average Bonchev–Trinajstić information content (AvgIpc) is 3.33. The lowest BCUT2D eigenvalue weighted by atomic mass is 9.89. The van der Waals surface area contributed by atoms with Gasteiger partial charge in [0.15, 0.2) is 5.84 Å². The summed E-state index contributed by atoms with van der Waals surface area (Å²) in [6.07, 6.45) is -1.65. The first-order valence-corrected chi connectivity index (χ1v) is 11.0. The highest BCUT2D eigenvalue weighted by Gasteiger charge is 2.42. The van der Waals surface area contributed by atoms with Gasteiger partial charge >= 0.3 is 12.1 Å². The van der Waals surface area contributed by atoms with Gasteiger partial charge in [0, 0.05) is 37.0 Å². The Hall–Kier alpha value is -3.74. The largest absolute Gasteiger partial charge is 0.490 e. The zero-order valence-corrected chi connectivity index (χ0v) is 20.1. The van der Waals surface area contributed by atoms with Crippen LogP contribution in [-0.4, -0.2) is 79.3 Å². The monoisotopic (exact) mass is 509 g/mol. The minimum Gasteiger partial charge on any atom is -0.483 e. The molecule has 1 aromatic heterocycles. The summed E-state index contributed by atoms with van der Waals surface area (Å²) in [7, 11) is 4.26. The molecule has 0 saturated carbocycles. The number of carboxylic acid groups (broad SMARTS) is 1. The SMILES string of the molecule is CC1C(=O)NN=C2COc3cc(-c4ccoc4)c(N(C)C4(C)CN(C)C4)cc3N21.O=C(O)C(F)(F)F. The number of amides is 1. The van der Waals surface area contributed by atoms with Gasteiger partial charge in [0.1, 0.15) is 18.4 Å². The number of benzene rings is 1. The number of nitrogens with zero attached hydrogens (tertiary/aromatic N) is 4. The van der Waals surface area contributed by atoms with Gasteiger partial charge in [0.05, 0.1) is 23.8 Å². The van der Waals surface area contributed by atoms with Crippen LogP contribution in [0.1, 0.15) is 13.8 Å². The van der Waals surface area contributed by atoms with E-state index in [-0.39, 0.29) is 17.5 Å². The number of carboxylic acids is 1. The molecule has 1 saturated heterocycles. The highest BCUT2D eigenvalue weighted by molar-refractivity contribution is 6.10. The van der Waals surface area contributed by atoms with Crippen molar-refractivity contribution in [3.63, 3.8) is 0 Å². The van der Waals surface area contributed by atoms with Crippen LogP contribution in [0.2, 0.25) is 0 Å². The molecule has 1 fully saturated rings. The van der Waals surface area contributed by atoms with Crippen LogP contribution in [0, 0.1) is 0 Å². The van der Waals surface area contributed by atoms with Gasteiger partial charge in [0.2, 0.25) is 0 Å². The van der Waals surface area contributed by atoms with Crippen molar-refractivity contribution >= 4 is 29.1 Å². The molecule has 2 N–H and O–H groups in total. The number of nitrogens with one attached hydrogen (secondary N) is 1. The number of likely N-dealkylation sites (N-methyl/N-ethyl adjacent to an activating group) is 2. The molecule has 1 unspecified atom stereocenters. The maximum atomic E-state index is 12.3. The van der Waals surface area contributed by atoms with E-state index in [0.29, 0.717) is 12.4 Å². The lowest BCUT2D eigenvalue weighted by Gasteiger charge is -2.53. The number of halogens is 3. The molecular formula is C23H26F3N5O5. The van der Waals surface area contributed by atoms with E-state index in [9.17, 15) is 18.0 Å². The molecule has 13 heteroatoms. The van der Waals surface area contributed by atoms with Crippen molar-refractivity contribution in [3.8, 4) is 16.9 Å². The van der Waals surface area contributed by atoms with Crippen molar-refractivity contribution < 1.29 is 37.0 Å². The molecule has 0 radical (unpaired) electrons. The summed E-state index contributed by atoms with van der Waals surface area (Å²) in [5.41, 5.74) is 6.59. The second-order valence-electron chi connectivity index (χ2n) is 9.22. The quantitative estimate of drug-likeness (QED) is 0.650. The Morgan fingerprint density at radius 3 is 2.56 bits per heavy atom. The minimum absolute atomic E-state index is 0.0266. The van der Waals surface area contributed by atoms with Crippen LogP contribution in [0.4, 0.5) is 24.5 Å². The lowest BCUT2D eigenvalue weighted by molar-refractivity contribution is -0.192. The molecule has 0 spiro atoms. The number of carbonyl (C=O) groups excluding carboxylic acids is 1. The molecule has 1 amide bonds. The van der Waals surface area contributed by atoms with Crippen molar-refractivity contribution in [2.45, 2.75) is 31.6 Å². The standard InChI is InChI=1S/C21H25N5O3.C2HF3O2/c1-13-20(27)23-22-19-10-29-18-7-15(14-5-6-28-9-14)16(8-17(18)26(13)19)25(4)21(2)11-24(3)12-21;3-2(4,5)1(6)7/h5-9,13H,10-12H2,1-4H3,(H,23,27);(H,6,7). The van der Waals surface area contributed by atoms with Gasteiger partial charge in [-0.1, -0.05) is 0 Å². The third kappa shape index (κ3) is 4.57. The first kappa shape index (κ1) is 25.4. The number of furan rings is 1. The molecule has 0 aliphatic carbocycles. The number of hydrazone groups is 1. The Kier molecular flexibility index (Phi) is 6.37. The van der Waals surface area contributed by atoms with E-state index >= 15 is 0 Å². The fraction of sp³-hybridized carbons (Fsp3) is 0.435. The fourth-order valence-electron chi connectivity index (χ4n) is 4.61. The van der Waals surface area contributed by atoms with Crippen LogP contribution in [-0.2, 0) is 9.59 Å². The van der Waals surface area contributed by atoms with E-state index in [1.807, 2.05) is 24.0 Å². The topological polar surface area (TPSA) is 111 Å². The summed E-state index contributed by atoms with van der Waals surface area (Å²) in [5.74, 6) is -1.42. The van der Waals surface area contributed by atoms with E-state index in [2.05, 4.69) is 47.4 Å². The van der Waals surface area contributed by atoms with E-state index in [1.165, 1.54) is 0 Å². The van der Waals surface area contributed by atoms with Crippen LogP contribution in [0.3, 0.4) is 0 Å². The predicted molar refractivity (Wildman–Crippen MR) is 125 cm³/mol. The summed E-state index contributed by atoms with van der Waals surface area (Å²) in [6.45, 7) is 6.44. The molecule has 5 rings (SSSR count). The number of amidine groups is 1. The van der Waals surface area contributed by atoms with Crippen molar-refractivity contribution in [1.29, 1.82) is 0 Å². The Morgan fingerprint density at radius 1 is 1.33 bits per heavy atom. The number of aliphatic carboxylic acids is 1. The fourth-order valence-corrected chi connectivity index (χ4v) is 4.61. The Labute approximate surface area is 204 Å². The number of fused-ring (bicyclic) bond motifs is 3. The molecule has 3 aliphatic rings. The summed E-state index contributed by atoms with van der Waals surface area (Å²) >= 11 is 0.